The van der Waals surface area contributed by atoms with Crippen molar-refractivity contribution in [1.29, 1.82) is 0 Å². The fraction of sp³-hybridized carbons (Fsp3) is 1.00. The lowest BCUT2D eigenvalue weighted by molar-refractivity contribution is 0.347. The second kappa shape index (κ2) is 20.2. The summed E-state index contributed by atoms with van der Waals surface area (Å²) >= 11 is 0. The van der Waals surface area contributed by atoms with Crippen molar-refractivity contribution in [3.05, 3.63) is 0 Å². The van der Waals surface area contributed by atoms with E-state index in [9.17, 15) is 0 Å². The molecule has 0 saturated carbocycles. The van der Waals surface area contributed by atoms with E-state index in [2.05, 4.69) is 13.8 Å². The zero-order valence-electron chi connectivity index (χ0n) is 19.8. The molecular formula is C27H54O. The van der Waals surface area contributed by atoms with Gasteiger partial charge in [0, 0.05) is 0 Å². The highest BCUT2D eigenvalue weighted by molar-refractivity contribution is 4.84. The van der Waals surface area contributed by atoms with Crippen LogP contribution < -0.4 is 0 Å². The fourth-order valence-electron chi connectivity index (χ4n) is 4.53. The molecule has 0 radical (unpaired) electrons. The molecule has 1 aliphatic rings. The van der Waals surface area contributed by atoms with E-state index in [0.29, 0.717) is 12.2 Å². The monoisotopic (exact) mass is 394 g/mol. The summed E-state index contributed by atoms with van der Waals surface area (Å²) in [6, 6.07) is 0. The Morgan fingerprint density at radius 3 is 0.893 bits per heavy atom. The molecular weight excluding hydrogens is 340 g/mol. The van der Waals surface area contributed by atoms with Gasteiger partial charge in [-0.2, -0.15) is 0 Å². The molecule has 1 rings (SSSR count). The van der Waals surface area contributed by atoms with Gasteiger partial charge in [-0.1, -0.05) is 149 Å². The highest BCUT2D eigenvalue weighted by atomic mass is 16.6. The molecule has 1 heterocycles. The Morgan fingerprint density at radius 1 is 0.357 bits per heavy atom. The Morgan fingerprint density at radius 2 is 0.607 bits per heavy atom. The Labute approximate surface area is 178 Å². The first-order chi connectivity index (χ1) is 13.9. The summed E-state index contributed by atoms with van der Waals surface area (Å²) in [5.41, 5.74) is 0. The first kappa shape index (κ1) is 26.0. The number of epoxide rings is 1. The third-order valence-corrected chi connectivity index (χ3v) is 6.62. The molecule has 0 bridgehead atoms. The number of hydrogen-bond acceptors (Lipinski definition) is 1. The maximum absolute atomic E-state index is 5.89. The van der Waals surface area contributed by atoms with Gasteiger partial charge < -0.3 is 4.74 Å². The molecule has 0 spiro atoms. The first-order valence-corrected chi connectivity index (χ1v) is 13.5. The van der Waals surface area contributed by atoms with E-state index < -0.39 is 0 Å². The maximum Gasteiger partial charge on any atom is 0.0841 e. The summed E-state index contributed by atoms with van der Waals surface area (Å²) in [6.45, 7) is 4.60. The fourth-order valence-corrected chi connectivity index (χ4v) is 4.53. The Hall–Kier alpha value is -0.0400. The van der Waals surface area contributed by atoms with Gasteiger partial charge in [0.15, 0.2) is 0 Å². The molecule has 0 aliphatic carbocycles. The number of rotatable bonds is 23. The molecule has 0 amide bonds. The molecule has 2 unspecified atom stereocenters. The lowest BCUT2D eigenvalue weighted by Crippen LogP contribution is -1.95. The Balaban J connectivity index is 1.70. The average molecular weight is 395 g/mol. The van der Waals surface area contributed by atoms with Crippen molar-refractivity contribution in [2.45, 2.75) is 174 Å². The SMILES string of the molecule is CCCCCCCCCCCCCCC1OC1CCCCCCCCCCC. The first-order valence-electron chi connectivity index (χ1n) is 13.5. The van der Waals surface area contributed by atoms with Crippen molar-refractivity contribution in [3.8, 4) is 0 Å². The second-order valence-corrected chi connectivity index (χ2v) is 9.51. The van der Waals surface area contributed by atoms with Crippen LogP contribution in [0.3, 0.4) is 0 Å². The van der Waals surface area contributed by atoms with Crippen molar-refractivity contribution >= 4 is 0 Å². The zero-order valence-corrected chi connectivity index (χ0v) is 19.8. The largest absolute Gasteiger partial charge is 0.370 e. The van der Waals surface area contributed by atoms with Gasteiger partial charge in [-0.05, 0) is 12.8 Å². The van der Waals surface area contributed by atoms with E-state index in [1.165, 1.54) is 148 Å². The normalized spacial score (nSPS) is 18.6. The van der Waals surface area contributed by atoms with Crippen molar-refractivity contribution in [2.75, 3.05) is 0 Å². The highest BCUT2D eigenvalue weighted by Crippen LogP contribution is 2.32. The van der Waals surface area contributed by atoms with Crippen LogP contribution in [-0.2, 0) is 4.74 Å². The standard InChI is InChI=1S/C27H54O/c1-3-5-7-9-11-13-14-15-17-19-21-23-25-27-26(28-27)24-22-20-18-16-12-10-8-6-4-2/h26-27H,3-25H2,1-2H3. The quantitative estimate of drug-likeness (QED) is 0.124. The van der Waals surface area contributed by atoms with Gasteiger partial charge in [0.25, 0.3) is 0 Å². The zero-order chi connectivity index (χ0) is 20.1. The molecule has 1 fully saturated rings. The van der Waals surface area contributed by atoms with Crippen LogP contribution in [0.5, 0.6) is 0 Å². The van der Waals surface area contributed by atoms with Gasteiger partial charge in [0.05, 0.1) is 12.2 Å². The molecule has 0 aromatic heterocycles. The molecule has 1 nitrogen and oxygen atoms in total. The van der Waals surface area contributed by atoms with Crippen LogP contribution in [0.25, 0.3) is 0 Å². The summed E-state index contributed by atoms with van der Waals surface area (Å²) in [6.07, 6.45) is 34.2. The van der Waals surface area contributed by atoms with E-state index >= 15 is 0 Å². The smallest absolute Gasteiger partial charge is 0.0841 e. The lowest BCUT2D eigenvalue weighted by atomic mass is 10.0. The Kier molecular flexibility index (Phi) is 18.8. The molecule has 0 aromatic rings. The summed E-state index contributed by atoms with van der Waals surface area (Å²) in [7, 11) is 0. The van der Waals surface area contributed by atoms with Gasteiger partial charge in [-0.15, -0.1) is 0 Å². The van der Waals surface area contributed by atoms with Crippen LogP contribution in [0.1, 0.15) is 162 Å². The van der Waals surface area contributed by atoms with E-state index in [1.807, 2.05) is 0 Å². The highest BCUT2D eigenvalue weighted by Gasteiger charge is 2.36. The van der Waals surface area contributed by atoms with Gasteiger partial charge in [-0.25, -0.2) is 0 Å². The summed E-state index contributed by atoms with van der Waals surface area (Å²) in [4.78, 5) is 0. The van der Waals surface area contributed by atoms with E-state index in [-0.39, 0.29) is 0 Å². The van der Waals surface area contributed by atoms with Gasteiger partial charge in [-0.3, -0.25) is 0 Å². The van der Waals surface area contributed by atoms with Gasteiger partial charge >= 0.3 is 0 Å². The van der Waals surface area contributed by atoms with E-state index in [0.717, 1.165) is 0 Å². The Bertz CT molecular complexity index is 301. The summed E-state index contributed by atoms with van der Waals surface area (Å²) < 4.78 is 5.89. The topological polar surface area (TPSA) is 12.5 Å². The second-order valence-electron chi connectivity index (χ2n) is 9.51. The molecule has 28 heavy (non-hydrogen) atoms. The molecule has 1 heteroatoms. The van der Waals surface area contributed by atoms with Gasteiger partial charge in [0.2, 0.25) is 0 Å². The number of unbranched alkanes of at least 4 members (excludes halogenated alkanes) is 19. The van der Waals surface area contributed by atoms with Crippen LogP contribution in [0, 0.1) is 0 Å². The summed E-state index contributed by atoms with van der Waals surface area (Å²) in [5.74, 6) is 0. The third-order valence-electron chi connectivity index (χ3n) is 6.62. The molecule has 168 valence electrons. The van der Waals surface area contributed by atoms with Crippen molar-refractivity contribution < 1.29 is 4.74 Å². The minimum Gasteiger partial charge on any atom is -0.370 e. The van der Waals surface area contributed by atoms with Crippen molar-refractivity contribution in [2.24, 2.45) is 0 Å². The van der Waals surface area contributed by atoms with Crippen LogP contribution in [0.2, 0.25) is 0 Å². The summed E-state index contributed by atoms with van der Waals surface area (Å²) in [5, 5.41) is 0. The predicted octanol–water partition coefficient (Wildman–Crippen LogP) is 9.77. The number of hydrogen-bond donors (Lipinski definition) is 0. The van der Waals surface area contributed by atoms with Crippen LogP contribution in [0.15, 0.2) is 0 Å². The maximum atomic E-state index is 5.89. The number of ether oxygens (including phenoxy) is 1. The molecule has 2 atom stereocenters. The van der Waals surface area contributed by atoms with Gasteiger partial charge in [0.1, 0.15) is 0 Å². The van der Waals surface area contributed by atoms with Crippen LogP contribution in [-0.4, -0.2) is 12.2 Å². The minimum atomic E-state index is 0.636. The minimum absolute atomic E-state index is 0.636. The van der Waals surface area contributed by atoms with Crippen LogP contribution >= 0.6 is 0 Å². The molecule has 0 aromatic carbocycles. The molecule has 1 aliphatic heterocycles. The van der Waals surface area contributed by atoms with Crippen LogP contribution in [0.4, 0.5) is 0 Å². The van der Waals surface area contributed by atoms with Crippen molar-refractivity contribution in [1.82, 2.24) is 0 Å². The van der Waals surface area contributed by atoms with E-state index in [1.54, 1.807) is 0 Å². The van der Waals surface area contributed by atoms with E-state index in [4.69, 9.17) is 4.74 Å². The predicted molar refractivity (Wildman–Crippen MR) is 126 cm³/mol. The molecule has 1 saturated heterocycles. The third kappa shape index (κ3) is 16.9. The van der Waals surface area contributed by atoms with Crippen molar-refractivity contribution in [3.63, 3.8) is 0 Å². The molecule has 0 N–H and O–H groups in total. The average Bonchev–Trinajstić information content (AvgIpc) is 3.45. The lowest BCUT2D eigenvalue weighted by Gasteiger charge is -2.02.